The molecule has 1 atom stereocenters. The van der Waals surface area contributed by atoms with Crippen LogP contribution in [0.5, 0.6) is 0 Å². The first-order valence-electron chi connectivity index (χ1n) is 4.47. The summed E-state index contributed by atoms with van der Waals surface area (Å²) in [7, 11) is 1.95. The van der Waals surface area contributed by atoms with Crippen LogP contribution < -0.4 is 5.32 Å². The van der Waals surface area contributed by atoms with E-state index in [2.05, 4.69) is 49.3 Å². The van der Waals surface area contributed by atoms with Crippen molar-refractivity contribution in [1.82, 2.24) is 15.3 Å². The third-order valence-electron chi connectivity index (χ3n) is 2.12. The lowest BCUT2D eigenvalue weighted by Gasteiger charge is -2.13. The zero-order valence-corrected chi connectivity index (χ0v) is 11.1. The number of rotatable bonds is 3. The molecule has 0 aliphatic heterocycles. The van der Waals surface area contributed by atoms with Gasteiger partial charge < -0.3 is 5.32 Å². The summed E-state index contributed by atoms with van der Waals surface area (Å²) in [6.07, 6.45) is 5.24. The van der Waals surface area contributed by atoms with Gasteiger partial charge >= 0.3 is 0 Å². The van der Waals surface area contributed by atoms with Crippen LogP contribution in [-0.4, -0.2) is 17.0 Å². The fourth-order valence-corrected chi connectivity index (χ4v) is 2.86. The Balaban J connectivity index is 2.33. The molecule has 2 heterocycles. The predicted octanol–water partition coefficient (Wildman–Crippen LogP) is 2.45. The fraction of sp³-hybridized carbons (Fsp3) is 0.200. The van der Waals surface area contributed by atoms with Crippen molar-refractivity contribution >= 4 is 33.9 Å². The zero-order chi connectivity index (χ0) is 10.7. The van der Waals surface area contributed by atoms with E-state index in [1.54, 1.807) is 17.7 Å². The summed E-state index contributed by atoms with van der Waals surface area (Å²) in [4.78, 5) is 8.07. The van der Waals surface area contributed by atoms with E-state index in [0.717, 1.165) is 5.56 Å². The van der Waals surface area contributed by atoms with Crippen LogP contribution in [0.4, 0.5) is 0 Å². The molecule has 1 unspecified atom stereocenters. The van der Waals surface area contributed by atoms with Gasteiger partial charge in [0.1, 0.15) is 6.33 Å². The normalized spacial score (nSPS) is 12.7. The molecule has 0 bridgehead atoms. The minimum Gasteiger partial charge on any atom is -0.309 e. The Morgan fingerprint density at radius 3 is 2.60 bits per heavy atom. The molecule has 2 rings (SSSR count). The van der Waals surface area contributed by atoms with Crippen molar-refractivity contribution in [3.05, 3.63) is 44.2 Å². The number of nitrogens with one attached hydrogen (secondary N) is 1. The van der Waals surface area contributed by atoms with E-state index < -0.39 is 0 Å². The molecule has 0 aliphatic carbocycles. The molecule has 0 amide bonds. The lowest BCUT2D eigenvalue weighted by Crippen LogP contribution is -2.17. The summed E-state index contributed by atoms with van der Waals surface area (Å²) < 4.78 is 1.29. The summed E-state index contributed by atoms with van der Waals surface area (Å²) in [5.74, 6) is 0. The van der Waals surface area contributed by atoms with E-state index in [9.17, 15) is 0 Å². The third kappa shape index (κ3) is 2.53. The monoisotopic (exact) mass is 331 g/mol. The standard InChI is InChI=1S/C10H10IN3S/c1-12-10(7-2-9(11)15-5-7)8-3-13-6-14-4-8/h2-6,10,12H,1H3. The first-order valence-corrected chi connectivity index (χ1v) is 6.43. The van der Waals surface area contributed by atoms with Crippen molar-refractivity contribution in [3.8, 4) is 0 Å². The van der Waals surface area contributed by atoms with Gasteiger partial charge in [-0.2, -0.15) is 0 Å². The Hall–Kier alpha value is -0.530. The second kappa shape index (κ2) is 5.00. The number of thiophene rings is 1. The van der Waals surface area contributed by atoms with Gasteiger partial charge in [-0.3, -0.25) is 0 Å². The minimum absolute atomic E-state index is 0.186. The van der Waals surface area contributed by atoms with Crippen molar-refractivity contribution in [2.24, 2.45) is 0 Å². The van der Waals surface area contributed by atoms with Crippen LogP contribution in [0.1, 0.15) is 17.2 Å². The summed E-state index contributed by atoms with van der Waals surface area (Å²) in [6, 6.07) is 2.37. The maximum absolute atomic E-state index is 4.04. The Morgan fingerprint density at radius 2 is 2.07 bits per heavy atom. The first kappa shape index (κ1) is 11.0. The molecule has 0 spiro atoms. The summed E-state index contributed by atoms with van der Waals surface area (Å²) in [6.45, 7) is 0. The highest BCUT2D eigenvalue weighted by atomic mass is 127. The Kier molecular flexibility index (Phi) is 3.66. The van der Waals surface area contributed by atoms with Gasteiger partial charge in [-0.05, 0) is 46.6 Å². The Labute approximate surface area is 106 Å². The quantitative estimate of drug-likeness (QED) is 0.878. The summed E-state index contributed by atoms with van der Waals surface area (Å²) in [5, 5.41) is 5.43. The maximum atomic E-state index is 4.04. The number of nitrogens with zero attached hydrogens (tertiary/aromatic N) is 2. The predicted molar refractivity (Wildman–Crippen MR) is 70.0 cm³/mol. The third-order valence-corrected chi connectivity index (χ3v) is 3.93. The van der Waals surface area contributed by atoms with E-state index in [-0.39, 0.29) is 6.04 Å². The van der Waals surface area contributed by atoms with Crippen LogP contribution in [0.2, 0.25) is 0 Å². The SMILES string of the molecule is CNC(c1cncnc1)c1csc(I)c1. The van der Waals surface area contributed by atoms with E-state index in [1.807, 2.05) is 19.4 Å². The maximum Gasteiger partial charge on any atom is 0.115 e. The summed E-state index contributed by atoms with van der Waals surface area (Å²) in [5.41, 5.74) is 2.36. The van der Waals surface area contributed by atoms with E-state index >= 15 is 0 Å². The van der Waals surface area contributed by atoms with Gasteiger partial charge in [0.05, 0.1) is 8.93 Å². The summed E-state index contributed by atoms with van der Waals surface area (Å²) >= 11 is 4.08. The van der Waals surface area contributed by atoms with E-state index in [4.69, 9.17) is 0 Å². The zero-order valence-electron chi connectivity index (χ0n) is 8.14. The molecule has 5 heteroatoms. The molecule has 0 saturated carbocycles. The van der Waals surface area contributed by atoms with Gasteiger partial charge in [0.2, 0.25) is 0 Å². The second-order valence-corrected chi connectivity index (χ2v) is 5.88. The van der Waals surface area contributed by atoms with E-state index in [0.29, 0.717) is 0 Å². The largest absolute Gasteiger partial charge is 0.309 e. The van der Waals surface area contributed by atoms with E-state index in [1.165, 1.54) is 8.45 Å². The van der Waals surface area contributed by atoms with Crippen LogP contribution in [0.25, 0.3) is 0 Å². The Bertz CT molecular complexity index is 429. The van der Waals surface area contributed by atoms with Crippen molar-refractivity contribution in [2.45, 2.75) is 6.04 Å². The number of hydrogen-bond acceptors (Lipinski definition) is 4. The van der Waals surface area contributed by atoms with Gasteiger partial charge in [0.15, 0.2) is 0 Å². The van der Waals surface area contributed by atoms with Crippen molar-refractivity contribution in [2.75, 3.05) is 7.05 Å². The molecular formula is C10H10IN3S. The molecule has 1 N–H and O–H groups in total. The molecule has 15 heavy (non-hydrogen) atoms. The van der Waals surface area contributed by atoms with Crippen LogP contribution in [0.3, 0.4) is 0 Å². The second-order valence-electron chi connectivity index (χ2n) is 3.08. The van der Waals surface area contributed by atoms with Crippen molar-refractivity contribution < 1.29 is 0 Å². The van der Waals surface area contributed by atoms with Gasteiger partial charge in [0.25, 0.3) is 0 Å². The topological polar surface area (TPSA) is 37.8 Å². The first-order chi connectivity index (χ1) is 7.31. The average Bonchev–Trinajstić information content (AvgIpc) is 2.68. The smallest absolute Gasteiger partial charge is 0.115 e. The highest BCUT2D eigenvalue weighted by molar-refractivity contribution is 14.1. The molecule has 0 aromatic carbocycles. The minimum atomic E-state index is 0.186. The highest BCUT2D eigenvalue weighted by Crippen LogP contribution is 2.26. The van der Waals surface area contributed by atoms with Crippen LogP contribution in [0.15, 0.2) is 30.2 Å². The molecule has 2 aromatic rings. The lowest BCUT2D eigenvalue weighted by molar-refractivity contribution is 0.687. The number of halogens is 1. The van der Waals surface area contributed by atoms with Gasteiger partial charge in [-0.15, -0.1) is 11.3 Å². The van der Waals surface area contributed by atoms with Gasteiger partial charge in [-0.1, -0.05) is 0 Å². The molecule has 78 valence electrons. The van der Waals surface area contributed by atoms with Crippen molar-refractivity contribution in [3.63, 3.8) is 0 Å². The fourth-order valence-electron chi connectivity index (χ4n) is 1.46. The number of hydrogen-bond donors (Lipinski definition) is 1. The van der Waals surface area contributed by atoms with Gasteiger partial charge in [-0.25, -0.2) is 9.97 Å². The molecular weight excluding hydrogens is 321 g/mol. The Morgan fingerprint density at radius 1 is 1.33 bits per heavy atom. The van der Waals surface area contributed by atoms with Crippen LogP contribution in [-0.2, 0) is 0 Å². The van der Waals surface area contributed by atoms with Crippen molar-refractivity contribution in [1.29, 1.82) is 0 Å². The number of aromatic nitrogens is 2. The lowest BCUT2D eigenvalue weighted by atomic mass is 10.1. The van der Waals surface area contributed by atoms with Crippen LogP contribution in [0, 0.1) is 2.88 Å². The molecule has 2 aromatic heterocycles. The molecule has 3 nitrogen and oxygen atoms in total. The molecule has 0 aliphatic rings. The average molecular weight is 331 g/mol. The van der Waals surface area contributed by atoms with Crippen LogP contribution >= 0.6 is 33.9 Å². The molecule has 0 fully saturated rings. The van der Waals surface area contributed by atoms with Gasteiger partial charge in [0, 0.05) is 18.0 Å². The molecule has 0 radical (unpaired) electrons. The molecule has 0 saturated heterocycles. The highest BCUT2D eigenvalue weighted by Gasteiger charge is 2.13.